The summed E-state index contributed by atoms with van der Waals surface area (Å²) < 4.78 is 0. The highest BCUT2D eigenvalue weighted by atomic mass is 14.7. The van der Waals surface area contributed by atoms with Crippen molar-refractivity contribution >= 4 is 18.5 Å². The first-order valence-corrected chi connectivity index (χ1v) is 8.35. The summed E-state index contributed by atoms with van der Waals surface area (Å²) in [6, 6.07) is 20.7. The monoisotopic (exact) mass is 316 g/mol. The lowest BCUT2D eigenvalue weighted by Crippen LogP contribution is -1.88. The predicted octanol–water partition coefficient (Wildman–Crippen LogP) is 5.03. The van der Waals surface area contributed by atoms with Crippen LogP contribution in [0.4, 0.5) is 0 Å². The molecular weight excluding hydrogens is 292 g/mol. The summed E-state index contributed by atoms with van der Waals surface area (Å²) in [4.78, 5) is 8.74. The third-order valence-electron chi connectivity index (χ3n) is 3.40. The standard InChI is InChI=1S/C22H24N2/c1-4-11-21(12-5-1)15-10-19-23-17-8-3-9-18-24-20-16-22-13-6-2-7-14-22/h1-7,9-15,18-19H,8,16-17,20H2/b9-3-,15-10-,23-19?,24-18?. The molecule has 0 radical (unpaired) electrons. The van der Waals surface area contributed by atoms with Crippen LogP contribution < -0.4 is 0 Å². The zero-order chi connectivity index (χ0) is 16.7. The van der Waals surface area contributed by atoms with E-state index in [0.717, 1.165) is 25.9 Å². The molecule has 0 aliphatic heterocycles. The maximum absolute atomic E-state index is 4.39. The van der Waals surface area contributed by atoms with Crippen molar-refractivity contribution < 1.29 is 0 Å². The third-order valence-corrected chi connectivity index (χ3v) is 3.40. The number of rotatable bonds is 9. The summed E-state index contributed by atoms with van der Waals surface area (Å²) in [5.74, 6) is 0. The van der Waals surface area contributed by atoms with E-state index in [1.807, 2.05) is 48.8 Å². The van der Waals surface area contributed by atoms with E-state index in [2.05, 4.69) is 58.5 Å². The van der Waals surface area contributed by atoms with Crippen LogP contribution in [0.15, 0.2) is 88.9 Å². The number of hydrogen-bond donors (Lipinski definition) is 0. The Hall–Kier alpha value is -2.74. The SMILES string of the molecule is C(/C=C\c1ccccc1)=NCC/C=C\C=NCCc1ccccc1. The Morgan fingerprint density at radius 2 is 1.38 bits per heavy atom. The molecule has 0 aliphatic carbocycles. The van der Waals surface area contributed by atoms with Crippen LogP contribution in [0.2, 0.25) is 0 Å². The van der Waals surface area contributed by atoms with Gasteiger partial charge in [0.1, 0.15) is 0 Å². The van der Waals surface area contributed by atoms with Gasteiger partial charge in [-0.1, -0.05) is 72.8 Å². The highest BCUT2D eigenvalue weighted by Gasteiger charge is 1.87. The lowest BCUT2D eigenvalue weighted by Gasteiger charge is -1.95. The molecule has 2 heteroatoms. The van der Waals surface area contributed by atoms with Gasteiger partial charge in [0.15, 0.2) is 0 Å². The minimum atomic E-state index is 0.799. The Bertz CT molecular complexity index is 668. The minimum Gasteiger partial charge on any atom is -0.293 e. The minimum absolute atomic E-state index is 0.799. The van der Waals surface area contributed by atoms with E-state index in [1.165, 1.54) is 11.1 Å². The van der Waals surface area contributed by atoms with Crippen LogP contribution in [0.3, 0.4) is 0 Å². The quantitative estimate of drug-likeness (QED) is 0.458. The van der Waals surface area contributed by atoms with Gasteiger partial charge in [-0.3, -0.25) is 9.98 Å². The van der Waals surface area contributed by atoms with Crippen molar-refractivity contribution in [1.29, 1.82) is 0 Å². The number of aliphatic imine (C=N–C) groups is 2. The van der Waals surface area contributed by atoms with E-state index in [0.29, 0.717) is 0 Å². The fraction of sp³-hybridized carbons (Fsp3) is 0.182. The lowest BCUT2D eigenvalue weighted by atomic mass is 10.2. The second kappa shape index (κ2) is 11.8. The van der Waals surface area contributed by atoms with Gasteiger partial charge in [0, 0.05) is 25.5 Å². The molecule has 122 valence electrons. The van der Waals surface area contributed by atoms with E-state index in [4.69, 9.17) is 0 Å². The zero-order valence-corrected chi connectivity index (χ0v) is 14.0. The van der Waals surface area contributed by atoms with Crippen LogP contribution in [0.25, 0.3) is 6.08 Å². The van der Waals surface area contributed by atoms with Crippen LogP contribution in [-0.2, 0) is 6.42 Å². The Labute approximate surface area is 145 Å². The van der Waals surface area contributed by atoms with Crippen molar-refractivity contribution in [2.24, 2.45) is 9.98 Å². The topological polar surface area (TPSA) is 24.7 Å². The molecule has 0 unspecified atom stereocenters. The molecule has 0 heterocycles. The molecule has 24 heavy (non-hydrogen) atoms. The van der Waals surface area contributed by atoms with Gasteiger partial charge in [0.2, 0.25) is 0 Å². The Balaban J connectivity index is 1.53. The Kier molecular flexibility index (Phi) is 8.64. The number of hydrogen-bond acceptors (Lipinski definition) is 2. The molecule has 0 bridgehead atoms. The largest absolute Gasteiger partial charge is 0.293 e. The third kappa shape index (κ3) is 8.04. The molecular formula is C22H24N2. The average Bonchev–Trinajstić information content (AvgIpc) is 2.64. The summed E-state index contributed by atoms with van der Waals surface area (Å²) in [6.07, 6.45) is 13.8. The van der Waals surface area contributed by atoms with Crippen LogP contribution in [0, 0.1) is 0 Å². The van der Waals surface area contributed by atoms with Crippen molar-refractivity contribution in [3.8, 4) is 0 Å². The van der Waals surface area contributed by atoms with Crippen molar-refractivity contribution in [2.75, 3.05) is 13.1 Å². The molecule has 0 aliphatic rings. The summed E-state index contributed by atoms with van der Waals surface area (Å²) in [6.45, 7) is 1.63. The van der Waals surface area contributed by atoms with Gasteiger partial charge in [-0.15, -0.1) is 0 Å². The number of nitrogens with zero attached hydrogens (tertiary/aromatic N) is 2. The summed E-state index contributed by atoms with van der Waals surface area (Å²) in [5, 5.41) is 0. The molecule has 0 saturated carbocycles. The van der Waals surface area contributed by atoms with Gasteiger partial charge in [-0.05, 0) is 36.1 Å². The molecule has 0 atom stereocenters. The van der Waals surface area contributed by atoms with E-state index in [-0.39, 0.29) is 0 Å². The van der Waals surface area contributed by atoms with Gasteiger partial charge in [0.25, 0.3) is 0 Å². The van der Waals surface area contributed by atoms with Gasteiger partial charge in [-0.25, -0.2) is 0 Å². The van der Waals surface area contributed by atoms with Gasteiger partial charge in [-0.2, -0.15) is 0 Å². The normalized spacial score (nSPS) is 12.2. The molecule has 0 fully saturated rings. The van der Waals surface area contributed by atoms with Gasteiger partial charge < -0.3 is 0 Å². The fourth-order valence-corrected chi connectivity index (χ4v) is 2.13. The lowest BCUT2D eigenvalue weighted by molar-refractivity contribution is 0.973. The van der Waals surface area contributed by atoms with E-state index >= 15 is 0 Å². The van der Waals surface area contributed by atoms with E-state index < -0.39 is 0 Å². The Morgan fingerprint density at radius 1 is 0.708 bits per heavy atom. The zero-order valence-electron chi connectivity index (χ0n) is 14.0. The number of allylic oxidation sites excluding steroid dienone is 2. The molecule has 0 spiro atoms. The van der Waals surface area contributed by atoms with E-state index in [9.17, 15) is 0 Å². The first kappa shape index (κ1) is 17.6. The fourth-order valence-electron chi connectivity index (χ4n) is 2.13. The van der Waals surface area contributed by atoms with Crippen molar-refractivity contribution in [2.45, 2.75) is 12.8 Å². The van der Waals surface area contributed by atoms with E-state index in [1.54, 1.807) is 0 Å². The van der Waals surface area contributed by atoms with Crippen LogP contribution in [-0.4, -0.2) is 25.5 Å². The molecule has 0 saturated heterocycles. The smallest absolute Gasteiger partial charge is 0.0429 e. The average molecular weight is 316 g/mol. The second-order valence-electron chi connectivity index (χ2n) is 5.33. The van der Waals surface area contributed by atoms with Gasteiger partial charge >= 0.3 is 0 Å². The highest BCUT2D eigenvalue weighted by molar-refractivity contribution is 5.78. The molecule has 2 aromatic rings. The first-order valence-electron chi connectivity index (χ1n) is 8.35. The number of benzene rings is 2. The molecule has 2 nitrogen and oxygen atoms in total. The molecule has 0 amide bonds. The first-order chi connectivity index (χ1) is 11.9. The summed E-state index contributed by atoms with van der Waals surface area (Å²) >= 11 is 0. The predicted molar refractivity (Wildman–Crippen MR) is 106 cm³/mol. The molecule has 2 rings (SSSR count). The Morgan fingerprint density at radius 3 is 2.17 bits per heavy atom. The van der Waals surface area contributed by atoms with Gasteiger partial charge in [0.05, 0.1) is 0 Å². The van der Waals surface area contributed by atoms with Crippen molar-refractivity contribution in [3.63, 3.8) is 0 Å². The maximum atomic E-state index is 4.39. The maximum Gasteiger partial charge on any atom is 0.0429 e. The van der Waals surface area contributed by atoms with Crippen LogP contribution >= 0.6 is 0 Å². The summed E-state index contributed by atoms with van der Waals surface area (Å²) in [5.41, 5.74) is 2.52. The summed E-state index contributed by atoms with van der Waals surface area (Å²) in [7, 11) is 0. The van der Waals surface area contributed by atoms with Crippen LogP contribution in [0.5, 0.6) is 0 Å². The highest BCUT2D eigenvalue weighted by Crippen LogP contribution is 2.00. The van der Waals surface area contributed by atoms with Crippen molar-refractivity contribution in [3.05, 3.63) is 90.0 Å². The molecule has 0 aromatic heterocycles. The van der Waals surface area contributed by atoms with Crippen molar-refractivity contribution in [1.82, 2.24) is 0 Å². The molecule has 2 aromatic carbocycles. The van der Waals surface area contributed by atoms with Crippen LogP contribution in [0.1, 0.15) is 17.5 Å². The second-order valence-corrected chi connectivity index (χ2v) is 5.33. The molecule has 0 N–H and O–H groups in total.